The molecule has 0 radical (unpaired) electrons. The molecule has 0 saturated heterocycles. The molecule has 1 atom stereocenters. The Morgan fingerprint density at radius 2 is 0.697 bits per heavy atom. The van der Waals surface area contributed by atoms with Gasteiger partial charge >= 0.3 is 11.9 Å². The maximum Gasteiger partial charge on any atom is 0.306 e. The van der Waals surface area contributed by atoms with Gasteiger partial charge in [0.25, 0.3) is 0 Å². The van der Waals surface area contributed by atoms with E-state index in [9.17, 15) is 9.59 Å². The van der Waals surface area contributed by atoms with Gasteiger partial charge in [-0.1, -0.05) is 213 Å². The lowest BCUT2D eigenvalue weighted by Gasteiger charge is -2.18. The Morgan fingerprint density at radius 3 is 1.15 bits per heavy atom. The van der Waals surface area contributed by atoms with Crippen molar-refractivity contribution in [1.82, 2.24) is 0 Å². The fourth-order valence-corrected chi connectivity index (χ4v) is 7.00. The maximum atomic E-state index is 12.8. The number of carbonyl (C=O) groups is 2. The SMILES string of the molecule is CC/C=C\C/C=C\C/C=C\C/C=C\C/C=C\CCCC(=O)OCC(COCCCCCCCC/C=C\CCCCCCCC)OC(=O)CCCCCC/C=C\C/C=C\C/C=C\C/C=C\CC. The van der Waals surface area contributed by atoms with Gasteiger partial charge in [-0.05, 0) is 122 Å². The van der Waals surface area contributed by atoms with Crippen molar-refractivity contribution in [2.24, 2.45) is 0 Å². The van der Waals surface area contributed by atoms with Crippen LogP contribution in [0, 0.1) is 0 Å². The van der Waals surface area contributed by atoms with Crippen LogP contribution in [0.15, 0.2) is 122 Å². The summed E-state index contributed by atoms with van der Waals surface area (Å²) in [5.74, 6) is -0.501. The quantitative estimate of drug-likeness (QED) is 0.0346. The Hall–Kier alpha value is -3.70. The number of hydrogen-bond donors (Lipinski definition) is 0. The molecular weight excluding hydrogens is 813 g/mol. The van der Waals surface area contributed by atoms with Crippen molar-refractivity contribution in [3.8, 4) is 0 Å². The highest BCUT2D eigenvalue weighted by atomic mass is 16.6. The average molecular weight is 913 g/mol. The van der Waals surface area contributed by atoms with Gasteiger partial charge in [0.05, 0.1) is 6.61 Å². The summed E-state index contributed by atoms with van der Waals surface area (Å²) in [7, 11) is 0. The molecule has 374 valence electrons. The molecule has 0 fully saturated rings. The molecule has 0 aromatic carbocycles. The number of hydrogen-bond acceptors (Lipinski definition) is 5. The topological polar surface area (TPSA) is 61.8 Å². The van der Waals surface area contributed by atoms with Crippen molar-refractivity contribution in [2.45, 2.75) is 232 Å². The number of ether oxygens (including phenoxy) is 3. The van der Waals surface area contributed by atoms with E-state index in [0.717, 1.165) is 116 Å². The summed E-state index contributed by atoms with van der Waals surface area (Å²) in [6.07, 6.45) is 77.9. The van der Waals surface area contributed by atoms with Gasteiger partial charge in [-0.3, -0.25) is 9.59 Å². The van der Waals surface area contributed by atoms with Crippen LogP contribution in [-0.2, 0) is 23.8 Å². The number of rotatable bonds is 48. The second-order valence-electron chi connectivity index (χ2n) is 17.4. The number of carbonyl (C=O) groups excluding carboxylic acids is 2. The third kappa shape index (κ3) is 52.9. The van der Waals surface area contributed by atoms with Crippen molar-refractivity contribution in [2.75, 3.05) is 19.8 Å². The Labute approximate surface area is 407 Å². The van der Waals surface area contributed by atoms with Gasteiger partial charge in [-0.15, -0.1) is 0 Å². The van der Waals surface area contributed by atoms with Gasteiger partial charge in [0, 0.05) is 19.4 Å². The molecule has 1 unspecified atom stereocenters. The molecule has 0 N–H and O–H groups in total. The van der Waals surface area contributed by atoms with Gasteiger partial charge < -0.3 is 14.2 Å². The van der Waals surface area contributed by atoms with Gasteiger partial charge in [0.15, 0.2) is 6.10 Å². The van der Waals surface area contributed by atoms with Crippen LogP contribution in [0.4, 0.5) is 0 Å². The first-order valence-corrected chi connectivity index (χ1v) is 27.1. The second kappa shape index (κ2) is 55.6. The molecule has 0 heterocycles. The van der Waals surface area contributed by atoms with Crippen molar-refractivity contribution in [1.29, 1.82) is 0 Å². The Balaban J connectivity index is 4.45. The molecule has 5 heteroatoms. The first-order valence-electron chi connectivity index (χ1n) is 27.1. The van der Waals surface area contributed by atoms with E-state index < -0.39 is 6.10 Å². The number of allylic oxidation sites excluding steroid dienone is 20. The van der Waals surface area contributed by atoms with Crippen LogP contribution in [0.5, 0.6) is 0 Å². The van der Waals surface area contributed by atoms with E-state index in [1.807, 2.05) is 0 Å². The van der Waals surface area contributed by atoms with Crippen LogP contribution in [-0.4, -0.2) is 37.9 Å². The van der Waals surface area contributed by atoms with E-state index in [4.69, 9.17) is 14.2 Å². The zero-order chi connectivity index (χ0) is 47.7. The Kier molecular flexibility index (Phi) is 52.5. The molecule has 0 aliphatic heterocycles. The van der Waals surface area contributed by atoms with Crippen molar-refractivity contribution in [3.05, 3.63) is 122 Å². The van der Waals surface area contributed by atoms with Gasteiger partial charge in [0.2, 0.25) is 0 Å². The molecule has 0 amide bonds. The monoisotopic (exact) mass is 913 g/mol. The van der Waals surface area contributed by atoms with Gasteiger partial charge in [-0.25, -0.2) is 0 Å². The van der Waals surface area contributed by atoms with E-state index in [0.29, 0.717) is 19.4 Å². The predicted octanol–water partition coefficient (Wildman–Crippen LogP) is 18.6. The molecule has 0 aliphatic rings. The molecule has 0 aromatic rings. The highest BCUT2D eigenvalue weighted by Gasteiger charge is 2.17. The highest BCUT2D eigenvalue weighted by Crippen LogP contribution is 2.12. The summed E-state index contributed by atoms with van der Waals surface area (Å²) in [4.78, 5) is 25.4. The van der Waals surface area contributed by atoms with Crippen LogP contribution >= 0.6 is 0 Å². The van der Waals surface area contributed by atoms with Crippen LogP contribution in [0.2, 0.25) is 0 Å². The lowest BCUT2D eigenvalue weighted by Crippen LogP contribution is -2.30. The number of esters is 2. The van der Waals surface area contributed by atoms with E-state index in [-0.39, 0.29) is 25.2 Å². The summed E-state index contributed by atoms with van der Waals surface area (Å²) in [5.41, 5.74) is 0. The summed E-state index contributed by atoms with van der Waals surface area (Å²) in [6.45, 7) is 7.49. The third-order valence-corrected chi connectivity index (χ3v) is 11.0. The average Bonchev–Trinajstić information content (AvgIpc) is 3.32. The second-order valence-corrected chi connectivity index (χ2v) is 17.4. The predicted molar refractivity (Wildman–Crippen MR) is 288 cm³/mol. The first-order chi connectivity index (χ1) is 32.6. The molecule has 0 spiro atoms. The Bertz CT molecular complexity index is 1350. The standard InChI is InChI=1S/C61H100O5/c1-4-7-10-13-16-19-22-25-28-31-33-36-39-42-45-48-51-54-60(62)65-58-59(57-64-56-53-50-47-44-41-38-35-30-27-24-21-18-15-12-9-6-3)66-61(63)55-52-49-46-43-40-37-34-32-29-26-23-20-17-14-11-8-5-2/h7-8,10-11,16-17,19-20,25-30,33-34,36-37,42,45,59H,4-6,9,12-15,18,21-24,31-32,35,38-41,43-44,46-58H2,1-3H3/b10-7-,11-8-,19-16-,20-17-,28-25-,29-26-,30-27-,36-33-,37-34-,45-42-. The highest BCUT2D eigenvalue weighted by molar-refractivity contribution is 5.70. The largest absolute Gasteiger partial charge is 0.462 e. The normalized spacial score (nSPS) is 13.2. The van der Waals surface area contributed by atoms with Crippen LogP contribution < -0.4 is 0 Å². The molecule has 0 aromatic heterocycles. The van der Waals surface area contributed by atoms with E-state index in [1.165, 1.54) is 77.0 Å². The smallest absolute Gasteiger partial charge is 0.306 e. The third-order valence-electron chi connectivity index (χ3n) is 11.0. The molecular formula is C61H100O5. The minimum absolute atomic E-state index is 0.0362. The van der Waals surface area contributed by atoms with E-state index >= 15 is 0 Å². The van der Waals surface area contributed by atoms with Crippen LogP contribution in [0.25, 0.3) is 0 Å². The maximum absolute atomic E-state index is 12.8. The number of unbranched alkanes of at least 4 members (excludes halogenated alkanes) is 17. The Morgan fingerprint density at radius 1 is 0.348 bits per heavy atom. The van der Waals surface area contributed by atoms with E-state index in [1.54, 1.807) is 0 Å². The van der Waals surface area contributed by atoms with Crippen LogP contribution in [0.1, 0.15) is 226 Å². The minimum Gasteiger partial charge on any atom is -0.462 e. The van der Waals surface area contributed by atoms with Crippen molar-refractivity contribution >= 4 is 11.9 Å². The molecule has 66 heavy (non-hydrogen) atoms. The van der Waals surface area contributed by atoms with Crippen molar-refractivity contribution < 1.29 is 23.8 Å². The van der Waals surface area contributed by atoms with E-state index in [2.05, 4.69) is 142 Å². The molecule has 0 rings (SSSR count). The summed E-state index contributed by atoms with van der Waals surface area (Å²) in [6, 6.07) is 0. The summed E-state index contributed by atoms with van der Waals surface area (Å²) >= 11 is 0. The van der Waals surface area contributed by atoms with Crippen molar-refractivity contribution in [3.63, 3.8) is 0 Å². The molecule has 0 aliphatic carbocycles. The zero-order valence-corrected chi connectivity index (χ0v) is 42.9. The molecule has 0 saturated carbocycles. The van der Waals surface area contributed by atoms with Gasteiger partial charge in [0.1, 0.15) is 6.61 Å². The summed E-state index contributed by atoms with van der Waals surface area (Å²) in [5, 5.41) is 0. The lowest BCUT2D eigenvalue weighted by molar-refractivity contribution is -0.163. The minimum atomic E-state index is -0.584. The lowest BCUT2D eigenvalue weighted by atomic mass is 10.1. The molecule has 0 bridgehead atoms. The van der Waals surface area contributed by atoms with Gasteiger partial charge in [-0.2, -0.15) is 0 Å². The fraction of sp³-hybridized carbons (Fsp3) is 0.639. The fourth-order valence-electron chi connectivity index (χ4n) is 7.00. The first kappa shape index (κ1) is 62.3. The summed E-state index contributed by atoms with van der Waals surface area (Å²) < 4.78 is 17.4. The molecule has 5 nitrogen and oxygen atoms in total. The van der Waals surface area contributed by atoms with Crippen LogP contribution in [0.3, 0.4) is 0 Å². The zero-order valence-electron chi connectivity index (χ0n) is 42.9.